The van der Waals surface area contributed by atoms with Crippen LogP contribution >= 0.6 is 15.9 Å². The Morgan fingerprint density at radius 1 is 1.56 bits per heavy atom. The summed E-state index contributed by atoms with van der Waals surface area (Å²) < 4.78 is 6.16. The fourth-order valence-electron chi connectivity index (χ4n) is 1.22. The molecule has 4 nitrogen and oxygen atoms in total. The molecule has 88 valence electrons. The molecule has 0 fully saturated rings. The number of hydroxylamine groups is 2. The van der Waals surface area contributed by atoms with Gasteiger partial charge in [0.15, 0.2) is 0 Å². The van der Waals surface area contributed by atoms with Gasteiger partial charge in [-0.3, -0.25) is 10.0 Å². The maximum atomic E-state index is 11.3. The molecular weight excluding hydrogens is 274 g/mol. The summed E-state index contributed by atoms with van der Waals surface area (Å²) >= 11 is 3.35. The molecule has 0 aliphatic carbocycles. The van der Waals surface area contributed by atoms with Crippen molar-refractivity contribution in [3.8, 4) is 5.75 Å². The average molecular weight is 288 g/mol. The second-order valence-corrected chi connectivity index (χ2v) is 4.13. The molecule has 0 heterocycles. The Kier molecular flexibility index (Phi) is 4.76. The first-order valence-electron chi connectivity index (χ1n) is 4.91. The maximum Gasteiger partial charge on any atom is 0.250 e. The largest absolute Gasteiger partial charge is 0.494 e. The van der Waals surface area contributed by atoms with E-state index >= 15 is 0 Å². The van der Waals surface area contributed by atoms with Gasteiger partial charge in [0.2, 0.25) is 5.91 Å². The van der Waals surface area contributed by atoms with Crippen LogP contribution in [-0.2, 0) is 11.2 Å². The molecule has 0 aromatic heterocycles. The number of halogens is 1. The van der Waals surface area contributed by atoms with Crippen LogP contribution in [0.4, 0.5) is 0 Å². The summed E-state index contributed by atoms with van der Waals surface area (Å²) in [6.45, 7) is 2.48. The molecule has 16 heavy (non-hydrogen) atoms. The van der Waals surface area contributed by atoms with Gasteiger partial charge in [-0.15, -0.1) is 0 Å². The van der Waals surface area contributed by atoms with E-state index in [2.05, 4.69) is 15.9 Å². The van der Waals surface area contributed by atoms with Crippen molar-refractivity contribution >= 4 is 21.8 Å². The molecule has 0 saturated heterocycles. The molecule has 0 aliphatic rings. The first-order valence-corrected chi connectivity index (χ1v) is 5.70. The Morgan fingerprint density at radius 3 is 2.81 bits per heavy atom. The fourth-order valence-corrected chi connectivity index (χ4v) is 1.61. The molecule has 0 saturated carbocycles. The minimum absolute atomic E-state index is 0.133. The minimum Gasteiger partial charge on any atom is -0.494 e. The van der Waals surface area contributed by atoms with Crippen molar-refractivity contribution < 1.29 is 14.7 Å². The van der Waals surface area contributed by atoms with E-state index in [4.69, 9.17) is 9.94 Å². The first kappa shape index (κ1) is 13.0. The predicted octanol–water partition coefficient (Wildman–Crippen LogP) is 2.24. The van der Waals surface area contributed by atoms with Gasteiger partial charge in [0.25, 0.3) is 0 Å². The number of ether oxygens (including phenoxy) is 1. The van der Waals surface area contributed by atoms with Gasteiger partial charge in [-0.1, -0.05) is 15.9 Å². The first-order chi connectivity index (χ1) is 7.54. The number of rotatable bonds is 4. The van der Waals surface area contributed by atoms with E-state index in [1.807, 2.05) is 19.1 Å². The molecule has 5 heteroatoms. The third-order valence-electron chi connectivity index (χ3n) is 2.03. The summed E-state index contributed by atoms with van der Waals surface area (Å²) in [6.07, 6.45) is 0.133. The summed E-state index contributed by atoms with van der Waals surface area (Å²) in [5.74, 6) is 0.350. The van der Waals surface area contributed by atoms with Crippen LogP contribution in [-0.4, -0.2) is 29.8 Å². The zero-order valence-electron chi connectivity index (χ0n) is 9.24. The zero-order chi connectivity index (χ0) is 12.1. The van der Waals surface area contributed by atoms with Gasteiger partial charge < -0.3 is 4.74 Å². The van der Waals surface area contributed by atoms with Crippen LogP contribution in [0.5, 0.6) is 5.75 Å². The summed E-state index contributed by atoms with van der Waals surface area (Å²) in [6, 6.07) is 5.43. The van der Waals surface area contributed by atoms with Gasteiger partial charge in [0.1, 0.15) is 5.75 Å². The van der Waals surface area contributed by atoms with Crippen LogP contribution in [0.1, 0.15) is 12.5 Å². The SMILES string of the molecule is CCOc1ccc(Br)c(CC(=O)N(C)O)c1. The smallest absolute Gasteiger partial charge is 0.250 e. The van der Waals surface area contributed by atoms with Crippen molar-refractivity contribution in [2.75, 3.05) is 13.7 Å². The number of carbonyl (C=O) groups excluding carboxylic acids is 1. The number of benzene rings is 1. The van der Waals surface area contributed by atoms with E-state index in [1.165, 1.54) is 7.05 Å². The normalized spacial score (nSPS) is 10.0. The van der Waals surface area contributed by atoms with Crippen LogP contribution in [0.15, 0.2) is 22.7 Å². The number of hydrogen-bond acceptors (Lipinski definition) is 3. The van der Waals surface area contributed by atoms with Gasteiger partial charge in [-0.25, -0.2) is 5.06 Å². The second kappa shape index (κ2) is 5.86. The highest BCUT2D eigenvalue weighted by Crippen LogP contribution is 2.23. The molecule has 0 atom stereocenters. The van der Waals surface area contributed by atoms with Gasteiger partial charge in [-0.2, -0.15) is 0 Å². The topological polar surface area (TPSA) is 49.8 Å². The Bertz CT molecular complexity index is 379. The minimum atomic E-state index is -0.366. The lowest BCUT2D eigenvalue weighted by Crippen LogP contribution is -2.24. The second-order valence-electron chi connectivity index (χ2n) is 3.28. The molecule has 1 N–H and O–H groups in total. The average Bonchev–Trinajstić information content (AvgIpc) is 2.23. The molecular formula is C11H14BrNO3. The van der Waals surface area contributed by atoms with Gasteiger partial charge >= 0.3 is 0 Å². The van der Waals surface area contributed by atoms with E-state index in [9.17, 15) is 4.79 Å². The quantitative estimate of drug-likeness (QED) is 0.683. The number of likely N-dealkylation sites (N-methyl/N-ethyl adjacent to an activating group) is 1. The Labute approximate surface area is 103 Å². The molecule has 1 aromatic rings. The maximum absolute atomic E-state index is 11.3. The molecule has 0 bridgehead atoms. The molecule has 0 aliphatic heterocycles. The van der Waals surface area contributed by atoms with Crippen molar-refractivity contribution in [3.05, 3.63) is 28.2 Å². The van der Waals surface area contributed by atoms with E-state index in [-0.39, 0.29) is 12.3 Å². The molecule has 0 unspecified atom stereocenters. The van der Waals surface area contributed by atoms with E-state index in [1.54, 1.807) is 6.07 Å². The van der Waals surface area contributed by atoms with E-state index in [0.717, 1.165) is 10.0 Å². The monoisotopic (exact) mass is 287 g/mol. The number of nitrogens with zero attached hydrogens (tertiary/aromatic N) is 1. The fraction of sp³-hybridized carbons (Fsp3) is 0.364. The van der Waals surface area contributed by atoms with Crippen molar-refractivity contribution in [3.63, 3.8) is 0 Å². The van der Waals surface area contributed by atoms with Crippen LogP contribution in [0.2, 0.25) is 0 Å². The lowest BCUT2D eigenvalue weighted by molar-refractivity contribution is -0.158. The highest BCUT2D eigenvalue weighted by Gasteiger charge is 2.10. The highest BCUT2D eigenvalue weighted by atomic mass is 79.9. The number of carbonyl (C=O) groups is 1. The van der Waals surface area contributed by atoms with Gasteiger partial charge in [0.05, 0.1) is 13.0 Å². The predicted molar refractivity (Wildman–Crippen MR) is 63.6 cm³/mol. The Balaban J connectivity index is 2.85. The molecule has 0 spiro atoms. The van der Waals surface area contributed by atoms with Crippen molar-refractivity contribution in [1.82, 2.24) is 5.06 Å². The van der Waals surface area contributed by atoms with Crippen molar-refractivity contribution in [1.29, 1.82) is 0 Å². The third kappa shape index (κ3) is 3.50. The van der Waals surface area contributed by atoms with Crippen LogP contribution in [0.25, 0.3) is 0 Å². The molecule has 1 rings (SSSR count). The summed E-state index contributed by atoms with van der Waals surface area (Å²) in [7, 11) is 1.31. The lowest BCUT2D eigenvalue weighted by atomic mass is 10.1. The van der Waals surface area contributed by atoms with Gasteiger partial charge in [0, 0.05) is 11.5 Å². The number of amides is 1. The van der Waals surface area contributed by atoms with Gasteiger partial charge in [-0.05, 0) is 30.7 Å². The zero-order valence-corrected chi connectivity index (χ0v) is 10.8. The van der Waals surface area contributed by atoms with Crippen LogP contribution in [0, 0.1) is 0 Å². The Morgan fingerprint density at radius 2 is 2.25 bits per heavy atom. The molecule has 1 aromatic carbocycles. The Hall–Kier alpha value is -1.07. The van der Waals surface area contributed by atoms with E-state index in [0.29, 0.717) is 17.4 Å². The number of hydrogen-bond donors (Lipinski definition) is 1. The van der Waals surface area contributed by atoms with Crippen LogP contribution in [0.3, 0.4) is 0 Å². The molecule has 0 radical (unpaired) electrons. The van der Waals surface area contributed by atoms with Crippen LogP contribution < -0.4 is 4.74 Å². The summed E-state index contributed by atoms with van der Waals surface area (Å²) in [5, 5.41) is 9.57. The standard InChI is InChI=1S/C11H14BrNO3/c1-3-16-9-4-5-10(12)8(6-9)7-11(14)13(2)15/h4-6,15H,3,7H2,1-2H3. The van der Waals surface area contributed by atoms with E-state index < -0.39 is 0 Å². The third-order valence-corrected chi connectivity index (χ3v) is 2.80. The van der Waals surface area contributed by atoms with Crippen molar-refractivity contribution in [2.45, 2.75) is 13.3 Å². The lowest BCUT2D eigenvalue weighted by Gasteiger charge is -2.11. The highest BCUT2D eigenvalue weighted by molar-refractivity contribution is 9.10. The summed E-state index contributed by atoms with van der Waals surface area (Å²) in [4.78, 5) is 11.3. The summed E-state index contributed by atoms with van der Waals surface area (Å²) in [5.41, 5.74) is 0.789. The van der Waals surface area contributed by atoms with Crippen molar-refractivity contribution in [2.24, 2.45) is 0 Å². The molecule has 1 amide bonds.